The highest BCUT2D eigenvalue weighted by molar-refractivity contribution is 8.13. The van der Waals surface area contributed by atoms with Crippen LogP contribution in [0.3, 0.4) is 0 Å². The molecule has 1 aromatic heterocycles. The van der Waals surface area contributed by atoms with Gasteiger partial charge in [-0.3, -0.25) is 4.72 Å². The Morgan fingerprint density at radius 2 is 1.78 bits per heavy atom. The van der Waals surface area contributed by atoms with E-state index in [9.17, 15) is 27.2 Å². The van der Waals surface area contributed by atoms with Gasteiger partial charge in [-0.25, -0.2) is 13.2 Å². The third kappa shape index (κ3) is 9.52. The molecule has 0 unspecified atom stereocenters. The lowest BCUT2D eigenvalue weighted by Crippen LogP contribution is -2.25. The van der Waals surface area contributed by atoms with Crippen molar-refractivity contribution in [3.8, 4) is 11.5 Å². The number of alkyl halides is 2. The zero-order valence-corrected chi connectivity index (χ0v) is 24.5. The maximum absolute atomic E-state index is 13.0. The fourth-order valence-electron chi connectivity index (χ4n) is 3.70. The number of benzene rings is 2. The largest absolute Gasteiger partial charge is 0.619 e. The van der Waals surface area contributed by atoms with Gasteiger partial charge in [-0.1, -0.05) is 29.3 Å². The van der Waals surface area contributed by atoms with Crippen molar-refractivity contribution in [1.29, 1.82) is 0 Å². The summed E-state index contributed by atoms with van der Waals surface area (Å²) in [4.78, 5) is 13.5. The van der Waals surface area contributed by atoms with Crippen molar-refractivity contribution < 1.29 is 40.9 Å². The molecular formula is C26H24Cl2F2N2O7S2. The molecule has 220 valence electrons. The number of pyridine rings is 1. The number of halogens is 4. The number of nitrogens with one attached hydrogen (secondary N) is 1. The van der Waals surface area contributed by atoms with E-state index in [1.54, 1.807) is 0 Å². The lowest BCUT2D eigenvalue weighted by atomic mass is 10.0. The minimum absolute atomic E-state index is 0.0398. The van der Waals surface area contributed by atoms with E-state index in [-0.39, 0.29) is 28.0 Å². The van der Waals surface area contributed by atoms with E-state index in [0.29, 0.717) is 39.0 Å². The monoisotopic (exact) mass is 648 g/mol. The standard InChI is InChI=1S/C26H24Cl2F2N2O7S2/c1-41(35,36)31-17-5-7-18(8-6-17)40-26(33)39-23(11-19-20(27)12-32(34)13-21(19)28)16-4-9-22(38-25(29)30)24(10-16)37-14-15-2-3-15/h4-10,12-13,15,23,25,31H,2-3,11,14H2,1H3/t23-/m0/s1. The fourth-order valence-corrected chi connectivity index (χ4v) is 5.50. The van der Waals surface area contributed by atoms with Crippen LogP contribution in [0, 0.1) is 11.1 Å². The van der Waals surface area contributed by atoms with E-state index < -0.39 is 28.0 Å². The summed E-state index contributed by atoms with van der Waals surface area (Å²) >= 11 is 13.3. The van der Waals surface area contributed by atoms with Gasteiger partial charge < -0.3 is 19.4 Å². The SMILES string of the molecule is CS(=O)(=O)Nc1ccc(SC(=O)O[C@@H](Cc2c(Cl)c[n+]([O-])cc2Cl)c2ccc(OC(F)F)c(OCC3CC3)c2)cc1. The molecule has 1 fully saturated rings. The zero-order chi connectivity index (χ0) is 29.7. The number of anilines is 1. The van der Waals surface area contributed by atoms with Gasteiger partial charge >= 0.3 is 11.9 Å². The average molecular weight is 650 g/mol. The first-order valence-corrected chi connectivity index (χ1v) is 15.6. The molecule has 0 radical (unpaired) electrons. The summed E-state index contributed by atoms with van der Waals surface area (Å²) in [5.41, 5.74) is 1.02. The van der Waals surface area contributed by atoms with Crippen molar-refractivity contribution in [1.82, 2.24) is 0 Å². The second-order valence-corrected chi connectivity index (χ2v) is 12.8. The van der Waals surface area contributed by atoms with Gasteiger partial charge in [0.15, 0.2) is 23.9 Å². The Balaban J connectivity index is 1.60. The molecule has 1 aliphatic carbocycles. The molecule has 1 heterocycles. The minimum atomic E-state index is -3.47. The van der Waals surface area contributed by atoms with Crippen molar-refractivity contribution in [3.05, 3.63) is 81.2 Å². The molecule has 1 atom stereocenters. The first-order valence-electron chi connectivity index (χ1n) is 12.1. The summed E-state index contributed by atoms with van der Waals surface area (Å²) < 4.78 is 67.8. The third-order valence-corrected chi connectivity index (χ3v) is 7.80. The van der Waals surface area contributed by atoms with Gasteiger partial charge in [0.1, 0.15) is 16.1 Å². The molecule has 1 aliphatic rings. The van der Waals surface area contributed by atoms with Crippen LogP contribution in [0.4, 0.5) is 19.3 Å². The molecule has 1 saturated carbocycles. The number of ether oxygens (including phenoxy) is 3. The highest BCUT2D eigenvalue weighted by atomic mass is 35.5. The Morgan fingerprint density at radius 3 is 2.37 bits per heavy atom. The quantitative estimate of drug-likeness (QED) is 0.101. The van der Waals surface area contributed by atoms with E-state index in [1.165, 1.54) is 42.5 Å². The van der Waals surface area contributed by atoms with Gasteiger partial charge in [0.25, 0.3) is 0 Å². The number of rotatable bonds is 12. The van der Waals surface area contributed by atoms with Crippen LogP contribution < -0.4 is 18.9 Å². The Morgan fingerprint density at radius 1 is 1.12 bits per heavy atom. The summed E-state index contributed by atoms with van der Waals surface area (Å²) in [7, 11) is -3.47. The Hall–Kier alpha value is -3.00. The molecule has 0 spiro atoms. The van der Waals surface area contributed by atoms with Crippen molar-refractivity contribution in [2.75, 3.05) is 17.6 Å². The van der Waals surface area contributed by atoms with Crippen LogP contribution in [0.2, 0.25) is 10.0 Å². The molecule has 3 aromatic rings. The van der Waals surface area contributed by atoms with Crippen LogP contribution in [0.15, 0.2) is 59.8 Å². The van der Waals surface area contributed by atoms with Crippen molar-refractivity contribution in [2.45, 2.75) is 36.9 Å². The first-order chi connectivity index (χ1) is 19.4. The molecule has 9 nitrogen and oxygen atoms in total. The number of hydrogen-bond acceptors (Lipinski definition) is 8. The highest BCUT2D eigenvalue weighted by Crippen LogP contribution is 2.38. The normalized spacial score (nSPS) is 14.0. The van der Waals surface area contributed by atoms with E-state index >= 15 is 0 Å². The lowest BCUT2D eigenvalue weighted by Gasteiger charge is -2.21. The van der Waals surface area contributed by atoms with Gasteiger partial charge in [-0.2, -0.15) is 13.5 Å². The molecule has 4 rings (SSSR count). The number of hydrogen-bond donors (Lipinski definition) is 1. The van der Waals surface area contributed by atoms with E-state index in [0.717, 1.165) is 43.3 Å². The summed E-state index contributed by atoms with van der Waals surface area (Å²) in [6.07, 6.45) is 4.08. The molecule has 0 bridgehead atoms. The zero-order valence-electron chi connectivity index (χ0n) is 21.4. The Kier molecular flexibility index (Phi) is 10.1. The first kappa shape index (κ1) is 30.9. The topological polar surface area (TPSA) is 118 Å². The van der Waals surface area contributed by atoms with Crippen molar-refractivity contribution in [3.63, 3.8) is 0 Å². The van der Waals surface area contributed by atoms with E-state index in [2.05, 4.69) is 9.46 Å². The van der Waals surface area contributed by atoms with Gasteiger partial charge in [-0.05, 0) is 72.5 Å². The summed E-state index contributed by atoms with van der Waals surface area (Å²) in [6.45, 7) is -2.76. The molecule has 0 saturated heterocycles. The molecule has 15 heteroatoms. The molecule has 2 aromatic carbocycles. The molecule has 41 heavy (non-hydrogen) atoms. The summed E-state index contributed by atoms with van der Waals surface area (Å²) in [5.74, 6) is 0.206. The maximum atomic E-state index is 13.0. The fraction of sp³-hybridized carbons (Fsp3) is 0.308. The van der Waals surface area contributed by atoms with Gasteiger partial charge in [0, 0.05) is 22.6 Å². The van der Waals surface area contributed by atoms with Crippen LogP contribution in [0.5, 0.6) is 11.5 Å². The smallest absolute Gasteiger partial charge is 0.387 e. The highest BCUT2D eigenvalue weighted by Gasteiger charge is 2.26. The van der Waals surface area contributed by atoms with E-state index in [4.69, 9.17) is 32.7 Å². The minimum Gasteiger partial charge on any atom is -0.619 e. The van der Waals surface area contributed by atoms with Crippen LogP contribution in [-0.2, 0) is 21.2 Å². The molecule has 1 N–H and O–H groups in total. The van der Waals surface area contributed by atoms with Crippen LogP contribution in [0.25, 0.3) is 0 Å². The summed E-state index contributed by atoms with van der Waals surface area (Å²) in [6, 6.07) is 10.2. The average Bonchev–Trinajstić information content (AvgIpc) is 3.69. The Bertz CT molecular complexity index is 1490. The molecular weight excluding hydrogens is 625 g/mol. The lowest BCUT2D eigenvalue weighted by molar-refractivity contribution is -0.605. The predicted octanol–water partition coefficient (Wildman–Crippen LogP) is 6.60. The number of carbonyl (C=O) groups excluding carboxylic acids is 1. The summed E-state index contributed by atoms with van der Waals surface area (Å²) in [5, 5.41) is 11.1. The van der Waals surface area contributed by atoms with E-state index in [1.807, 2.05) is 0 Å². The number of nitrogens with zero attached hydrogens (tertiary/aromatic N) is 1. The van der Waals surface area contributed by atoms with Crippen LogP contribution >= 0.6 is 35.0 Å². The number of sulfonamides is 1. The van der Waals surface area contributed by atoms with Gasteiger partial charge in [0.05, 0.1) is 12.9 Å². The second-order valence-electron chi connectivity index (χ2n) is 9.19. The Labute approximate surface area is 249 Å². The second kappa shape index (κ2) is 13.3. The third-order valence-electron chi connectivity index (χ3n) is 5.77. The van der Waals surface area contributed by atoms with Crippen LogP contribution in [0.1, 0.15) is 30.1 Å². The van der Waals surface area contributed by atoms with Gasteiger partial charge in [-0.15, -0.1) is 0 Å². The van der Waals surface area contributed by atoms with Crippen molar-refractivity contribution in [2.24, 2.45) is 5.92 Å². The van der Waals surface area contributed by atoms with Crippen molar-refractivity contribution >= 4 is 56.0 Å². The molecule has 0 amide bonds. The predicted molar refractivity (Wildman–Crippen MR) is 150 cm³/mol. The van der Waals surface area contributed by atoms with Crippen LogP contribution in [-0.4, -0.2) is 33.2 Å². The van der Waals surface area contributed by atoms with Gasteiger partial charge in [0.2, 0.25) is 10.0 Å². The number of carbonyl (C=O) groups is 1. The maximum Gasteiger partial charge on any atom is 0.387 e. The number of aromatic nitrogens is 1. The number of thioether (sulfide) groups is 1. The molecule has 0 aliphatic heterocycles.